The highest BCUT2D eigenvalue weighted by molar-refractivity contribution is 14.0. The number of aliphatic imine (C=N–C) groups is 1. The minimum atomic E-state index is 0. The first-order valence-electron chi connectivity index (χ1n) is 7.92. The highest BCUT2D eigenvalue weighted by atomic mass is 127. The molecule has 2 aromatic carbocycles. The molecule has 0 unspecified atom stereocenters. The third-order valence-electron chi connectivity index (χ3n) is 3.40. The molecule has 0 saturated heterocycles. The second-order valence-corrected chi connectivity index (χ2v) is 5.60. The summed E-state index contributed by atoms with van der Waals surface area (Å²) in [7, 11) is 0. The lowest BCUT2D eigenvalue weighted by Crippen LogP contribution is -2.35. The van der Waals surface area contributed by atoms with E-state index in [0.717, 1.165) is 12.2 Å². The topological polar surface area (TPSA) is 59.6 Å². The molecule has 0 spiro atoms. The van der Waals surface area contributed by atoms with Crippen LogP contribution in [0, 0.1) is 13.8 Å². The van der Waals surface area contributed by atoms with Crippen molar-refractivity contribution in [3.63, 3.8) is 0 Å². The smallest absolute Gasteiger partial charge is 0.188 e. The van der Waals surface area contributed by atoms with E-state index in [0.29, 0.717) is 25.7 Å². The Kier molecular flexibility index (Phi) is 9.22. The summed E-state index contributed by atoms with van der Waals surface area (Å²) in [5.41, 5.74) is 9.52. The van der Waals surface area contributed by atoms with Crippen LogP contribution in [0.15, 0.2) is 53.5 Å². The van der Waals surface area contributed by atoms with Gasteiger partial charge in [0.15, 0.2) is 5.96 Å². The van der Waals surface area contributed by atoms with Gasteiger partial charge in [-0.15, -0.1) is 24.0 Å². The Morgan fingerprint density at radius 3 is 2.42 bits per heavy atom. The van der Waals surface area contributed by atoms with Gasteiger partial charge in [-0.3, -0.25) is 4.99 Å². The van der Waals surface area contributed by atoms with Crippen LogP contribution in [-0.4, -0.2) is 25.7 Å². The van der Waals surface area contributed by atoms with Gasteiger partial charge in [0.1, 0.15) is 12.4 Å². The second kappa shape index (κ2) is 10.9. The third kappa shape index (κ3) is 7.68. The molecule has 0 fully saturated rings. The lowest BCUT2D eigenvalue weighted by atomic mass is 10.1. The Labute approximate surface area is 161 Å². The van der Waals surface area contributed by atoms with E-state index in [1.807, 2.05) is 30.3 Å². The van der Waals surface area contributed by atoms with E-state index in [1.54, 1.807) is 0 Å². The van der Waals surface area contributed by atoms with Crippen LogP contribution in [0.3, 0.4) is 0 Å². The summed E-state index contributed by atoms with van der Waals surface area (Å²) in [5, 5.41) is 3.07. The van der Waals surface area contributed by atoms with Crippen molar-refractivity contribution >= 4 is 29.9 Å². The SMILES string of the molecule is Cc1cc(C)cc(OCCNC(N)=NCCc2ccccc2)c1.I. The van der Waals surface area contributed by atoms with Crippen molar-refractivity contribution in [1.82, 2.24) is 5.32 Å². The van der Waals surface area contributed by atoms with Crippen molar-refractivity contribution in [3.8, 4) is 5.75 Å². The predicted octanol–water partition coefficient (Wildman–Crippen LogP) is 3.45. The Hall–Kier alpha value is -1.76. The van der Waals surface area contributed by atoms with Crippen LogP contribution in [0.4, 0.5) is 0 Å². The summed E-state index contributed by atoms with van der Waals surface area (Å²) in [6.07, 6.45) is 0.891. The average molecular weight is 439 g/mol. The molecule has 130 valence electrons. The molecular formula is C19H26IN3O. The summed E-state index contributed by atoms with van der Waals surface area (Å²) < 4.78 is 5.72. The second-order valence-electron chi connectivity index (χ2n) is 5.60. The van der Waals surface area contributed by atoms with E-state index in [-0.39, 0.29) is 24.0 Å². The van der Waals surface area contributed by atoms with E-state index in [4.69, 9.17) is 10.5 Å². The maximum absolute atomic E-state index is 5.85. The molecule has 0 aromatic heterocycles. The Balaban J connectivity index is 0.00000288. The van der Waals surface area contributed by atoms with E-state index in [9.17, 15) is 0 Å². The maximum atomic E-state index is 5.85. The Morgan fingerprint density at radius 2 is 1.75 bits per heavy atom. The summed E-state index contributed by atoms with van der Waals surface area (Å²) in [6.45, 7) is 6.00. The molecular weight excluding hydrogens is 413 g/mol. The molecule has 2 rings (SSSR count). The minimum absolute atomic E-state index is 0. The standard InChI is InChI=1S/C19H25N3O.HI/c1-15-12-16(2)14-18(13-15)23-11-10-22-19(20)21-9-8-17-6-4-3-5-7-17;/h3-7,12-14H,8-11H2,1-2H3,(H3,20,21,22);1H. The van der Waals surface area contributed by atoms with Crippen LogP contribution in [0.1, 0.15) is 16.7 Å². The fourth-order valence-corrected chi connectivity index (χ4v) is 2.37. The monoisotopic (exact) mass is 439 g/mol. The van der Waals surface area contributed by atoms with Gasteiger partial charge in [0, 0.05) is 6.54 Å². The molecule has 0 aliphatic heterocycles. The van der Waals surface area contributed by atoms with Gasteiger partial charge >= 0.3 is 0 Å². The molecule has 0 aliphatic carbocycles. The number of halogens is 1. The third-order valence-corrected chi connectivity index (χ3v) is 3.40. The van der Waals surface area contributed by atoms with Gasteiger partial charge < -0.3 is 15.8 Å². The largest absolute Gasteiger partial charge is 0.492 e. The molecule has 0 radical (unpaired) electrons. The number of benzene rings is 2. The number of guanidine groups is 1. The normalized spacial score (nSPS) is 10.8. The van der Waals surface area contributed by atoms with Gasteiger partial charge in [-0.2, -0.15) is 0 Å². The number of hydrogen-bond donors (Lipinski definition) is 2. The first-order valence-corrected chi connectivity index (χ1v) is 7.92. The lowest BCUT2D eigenvalue weighted by Gasteiger charge is -2.09. The number of rotatable bonds is 7. The molecule has 0 heterocycles. The van der Waals surface area contributed by atoms with Crippen LogP contribution in [0.25, 0.3) is 0 Å². The highest BCUT2D eigenvalue weighted by Crippen LogP contribution is 2.15. The van der Waals surface area contributed by atoms with Crippen molar-refractivity contribution in [2.24, 2.45) is 10.7 Å². The summed E-state index contributed by atoms with van der Waals surface area (Å²) in [5.74, 6) is 1.36. The summed E-state index contributed by atoms with van der Waals surface area (Å²) in [6, 6.07) is 16.5. The van der Waals surface area contributed by atoms with E-state index >= 15 is 0 Å². The molecule has 2 aromatic rings. The quantitative estimate of drug-likeness (QED) is 0.301. The highest BCUT2D eigenvalue weighted by Gasteiger charge is 1.97. The molecule has 0 saturated carbocycles. The van der Waals surface area contributed by atoms with Crippen molar-refractivity contribution < 1.29 is 4.74 Å². The number of nitrogens with zero attached hydrogens (tertiary/aromatic N) is 1. The van der Waals surface area contributed by atoms with Gasteiger partial charge in [0.25, 0.3) is 0 Å². The molecule has 24 heavy (non-hydrogen) atoms. The van der Waals surface area contributed by atoms with Crippen LogP contribution in [-0.2, 0) is 6.42 Å². The Bertz CT molecular complexity index is 624. The fourth-order valence-electron chi connectivity index (χ4n) is 2.37. The molecule has 0 atom stereocenters. The predicted molar refractivity (Wildman–Crippen MR) is 111 cm³/mol. The number of hydrogen-bond acceptors (Lipinski definition) is 2. The number of ether oxygens (including phenoxy) is 1. The zero-order valence-corrected chi connectivity index (χ0v) is 16.6. The molecule has 4 nitrogen and oxygen atoms in total. The first-order chi connectivity index (χ1) is 11.1. The zero-order valence-electron chi connectivity index (χ0n) is 14.3. The van der Waals surface area contributed by atoms with E-state index in [2.05, 4.69) is 42.4 Å². The molecule has 3 N–H and O–H groups in total. The van der Waals surface area contributed by atoms with Gasteiger partial charge in [0.05, 0.1) is 6.54 Å². The minimum Gasteiger partial charge on any atom is -0.492 e. The summed E-state index contributed by atoms with van der Waals surface area (Å²) >= 11 is 0. The van der Waals surface area contributed by atoms with Crippen molar-refractivity contribution in [3.05, 3.63) is 65.2 Å². The zero-order chi connectivity index (χ0) is 16.5. The maximum Gasteiger partial charge on any atom is 0.188 e. The van der Waals surface area contributed by atoms with Gasteiger partial charge in [0.2, 0.25) is 0 Å². The van der Waals surface area contributed by atoms with Crippen molar-refractivity contribution in [1.29, 1.82) is 0 Å². The van der Waals surface area contributed by atoms with E-state index < -0.39 is 0 Å². The molecule has 5 heteroatoms. The van der Waals surface area contributed by atoms with Crippen LogP contribution < -0.4 is 15.8 Å². The van der Waals surface area contributed by atoms with Crippen LogP contribution in [0.2, 0.25) is 0 Å². The van der Waals surface area contributed by atoms with E-state index in [1.165, 1.54) is 16.7 Å². The van der Waals surface area contributed by atoms with Crippen LogP contribution >= 0.6 is 24.0 Å². The summed E-state index contributed by atoms with van der Waals surface area (Å²) in [4.78, 5) is 4.32. The van der Waals surface area contributed by atoms with Gasteiger partial charge in [-0.05, 0) is 49.1 Å². The Morgan fingerprint density at radius 1 is 1.08 bits per heavy atom. The fraction of sp³-hybridized carbons (Fsp3) is 0.316. The number of nitrogens with one attached hydrogen (secondary N) is 1. The van der Waals surface area contributed by atoms with Gasteiger partial charge in [-0.25, -0.2) is 0 Å². The lowest BCUT2D eigenvalue weighted by molar-refractivity contribution is 0.322. The van der Waals surface area contributed by atoms with Crippen molar-refractivity contribution in [2.45, 2.75) is 20.3 Å². The molecule has 0 amide bonds. The van der Waals surface area contributed by atoms with Crippen molar-refractivity contribution in [2.75, 3.05) is 19.7 Å². The number of nitrogens with two attached hydrogens (primary N) is 1. The first kappa shape index (κ1) is 20.3. The average Bonchev–Trinajstić information content (AvgIpc) is 2.52. The van der Waals surface area contributed by atoms with Crippen LogP contribution in [0.5, 0.6) is 5.75 Å². The number of aryl methyl sites for hydroxylation is 2. The molecule has 0 bridgehead atoms. The van der Waals surface area contributed by atoms with Gasteiger partial charge in [-0.1, -0.05) is 36.4 Å². The molecule has 0 aliphatic rings.